The Morgan fingerprint density at radius 1 is 1.50 bits per heavy atom. The van der Waals surface area contributed by atoms with E-state index < -0.39 is 0 Å². The van der Waals surface area contributed by atoms with Gasteiger partial charge in [0.15, 0.2) is 0 Å². The molecule has 16 heavy (non-hydrogen) atoms. The van der Waals surface area contributed by atoms with Crippen molar-refractivity contribution < 1.29 is 0 Å². The van der Waals surface area contributed by atoms with E-state index in [9.17, 15) is 0 Å². The Bertz CT molecular complexity index is 417. The highest BCUT2D eigenvalue weighted by Crippen LogP contribution is 2.32. The number of rotatable bonds is 4. The molecule has 0 aliphatic heterocycles. The fourth-order valence-electron chi connectivity index (χ4n) is 1.92. The fraction of sp³-hybridized carbons (Fsp3) is 0.429. The van der Waals surface area contributed by atoms with Crippen molar-refractivity contribution in [3.8, 4) is 0 Å². The van der Waals surface area contributed by atoms with Crippen LogP contribution in [0, 0.1) is 12.8 Å². The summed E-state index contributed by atoms with van der Waals surface area (Å²) < 4.78 is 0. The van der Waals surface area contributed by atoms with Gasteiger partial charge in [0, 0.05) is 6.54 Å². The fourth-order valence-corrected chi connectivity index (χ4v) is 1.92. The Labute approximate surface area is 97.5 Å². The van der Waals surface area contributed by atoms with Crippen molar-refractivity contribution in [2.45, 2.75) is 26.7 Å². The molecule has 0 radical (unpaired) electrons. The summed E-state index contributed by atoms with van der Waals surface area (Å²) in [6, 6.07) is 4.16. The highest BCUT2D eigenvalue weighted by atomic mass is 14.9. The Hall–Kier alpha value is -1.44. The molecule has 1 fully saturated rings. The lowest BCUT2D eigenvalue weighted by Crippen LogP contribution is -2.07. The maximum absolute atomic E-state index is 6.12. The Morgan fingerprint density at radius 3 is 2.75 bits per heavy atom. The van der Waals surface area contributed by atoms with Crippen molar-refractivity contribution in [2.75, 3.05) is 17.6 Å². The summed E-state index contributed by atoms with van der Waals surface area (Å²) in [5.74, 6) is 0.862. The second-order valence-electron chi connectivity index (χ2n) is 4.80. The SMILES string of the molecule is C=C(C)c1ccc(NCC2CC2)c(N)c1C. The van der Waals surface area contributed by atoms with E-state index in [-0.39, 0.29) is 0 Å². The highest BCUT2D eigenvalue weighted by molar-refractivity contribution is 5.78. The molecule has 2 nitrogen and oxygen atoms in total. The van der Waals surface area contributed by atoms with Gasteiger partial charge in [-0.15, -0.1) is 0 Å². The predicted octanol–water partition coefficient (Wildman–Crippen LogP) is 3.43. The molecular formula is C14H20N2. The molecule has 86 valence electrons. The molecule has 0 spiro atoms. The Morgan fingerprint density at radius 2 is 2.19 bits per heavy atom. The van der Waals surface area contributed by atoms with E-state index in [4.69, 9.17) is 5.73 Å². The summed E-state index contributed by atoms with van der Waals surface area (Å²) in [7, 11) is 0. The van der Waals surface area contributed by atoms with Crippen LogP contribution in [0.25, 0.3) is 5.57 Å². The van der Waals surface area contributed by atoms with Crippen molar-refractivity contribution in [3.63, 3.8) is 0 Å². The van der Waals surface area contributed by atoms with E-state index >= 15 is 0 Å². The molecule has 1 aliphatic carbocycles. The van der Waals surface area contributed by atoms with Crippen molar-refractivity contribution in [1.29, 1.82) is 0 Å². The number of nitrogen functional groups attached to an aromatic ring is 1. The molecule has 1 saturated carbocycles. The topological polar surface area (TPSA) is 38.0 Å². The van der Waals surface area contributed by atoms with Gasteiger partial charge < -0.3 is 11.1 Å². The van der Waals surface area contributed by atoms with Crippen LogP contribution in [0.1, 0.15) is 30.9 Å². The van der Waals surface area contributed by atoms with E-state index in [0.29, 0.717) is 0 Å². The first-order chi connectivity index (χ1) is 7.59. The number of hydrogen-bond donors (Lipinski definition) is 2. The third-order valence-electron chi connectivity index (χ3n) is 3.25. The molecule has 1 aromatic carbocycles. The van der Waals surface area contributed by atoms with Gasteiger partial charge in [-0.3, -0.25) is 0 Å². The zero-order chi connectivity index (χ0) is 11.7. The highest BCUT2D eigenvalue weighted by Gasteiger charge is 2.21. The lowest BCUT2D eigenvalue weighted by Gasteiger charge is -2.14. The average molecular weight is 216 g/mol. The van der Waals surface area contributed by atoms with Gasteiger partial charge in [-0.2, -0.15) is 0 Å². The molecule has 0 saturated heterocycles. The molecule has 0 heterocycles. The second-order valence-corrected chi connectivity index (χ2v) is 4.80. The summed E-state index contributed by atoms with van der Waals surface area (Å²) >= 11 is 0. The maximum atomic E-state index is 6.12. The van der Waals surface area contributed by atoms with Gasteiger partial charge in [0.1, 0.15) is 0 Å². The quantitative estimate of drug-likeness (QED) is 0.757. The Kier molecular flexibility index (Phi) is 2.90. The zero-order valence-corrected chi connectivity index (χ0v) is 10.1. The third kappa shape index (κ3) is 2.21. The van der Waals surface area contributed by atoms with E-state index in [1.807, 2.05) is 6.92 Å². The second kappa shape index (κ2) is 4.20. The zero-order valence-electron chi connectivity index (χ0n) is 10.1. The summed E-state index contributed by atoms with van der Waals surface area (Å²) in [5.41, 5.74) is 11.4. The largest absolute Gasteiger partial charge is 0.397 e. The molecule has 0 atom stereocenters. The van der Waals surface area contributed by atoms with Crippen LogP contribution in [0.5, 0.6) is 0 Å². The van der Waals surface area contributed by atoms with Crippen LogP contribution in [-0.2, 0) is 0 Å². The van der Waals surface area contributed by atoms with E-state index in [1.54, 1.807) is 0 Å². The number of allylic oxidation sites excluding steroid dienone is 1. The van der Waals surface area contributed by atoms with Crippen LogP contribution in [0.2, 0.25) is 0 Å². The van der Waals surface area contributed by atoms with Gasteiger partial charge >= 0.3 is 0 Å². The van der Waals surface area contributed by atoms with Gasteiger partial charge in [-0.1, -0.05) is 18.2 Å². The number of hydrogen-bond acceptors (Lipinski definition) is 2. The first-order valence-corrected chi connectivity index (χ1v) is 5.88. The van der Waals surface area contributed by atoms with Crippen LogP contribution < -0.4 is 11.1 Å². The molecule has 0 bridgehead atoms. The molecule has 0 aromatic heterocycles. The van der Waals surface area contributed by atoms with Crippen LogP contribution in [-0.4, -0.2) is 6.54 Å². The molecule has 2 heteroatoms. The minimum atomic E-state index is 0.862. The average Bonchev–Trinajstić information content (AvgIpc) is 3.03. The van der Waals surface area contributed by atoms with Gasteiger partial charge in [0.2, 0.25) is 0 Å². The Balaban J connectivity index is 2.19. The number of anilines is 2. The summed E-state index contributed by atoms with van der Waals surface area (Å²) in [6.45, 7) is 9.09. The van der Waals surface area contributed by atoms with Crippen molar-refractivity contribution >= 4 is 16.9 Å². The normalized spacial score (nSPS) is 14.9. The lowest BCUT2D eigenvalue weighted by molar-refractivity contribution is 0.889. The van der Waals surface area contributed by atoms with Gasteiger partial charge in [-0.05, 0) is 49.8 Å². The first kappa shape index (κ1) is 11.1. The third-order valence-corrected chi connectivity index (χ3v) is 3.25. The molecule has 1 aliphatic rings. The molecular weight excluding hydrogens is 196 g/mol. The summed E-state index contributed by atoms with van der Waals surface area (Å²) in [4.78, 5) is 0. The predicted molar refractivity (Wildman–Crippen MR) is 71.5 cm³/mol. The molecule has 0 amide bonds. The number of nitrogens with two attached hydrogens (primary N) is 1. The van der Waals surface area contributed by atoms with Gasteiger partial charge in [0.25, 0.3) is 0 Å². The molecule has 2 rings (SSSR count). The molecule has 3 N–H and O–H groups in total. The molecule has 0 unspecified atom stereocenters. The lowest BCUT2D eigenvalue weighted by atomic mass is 10.0. The smallest absolute Gasteiger partial charge is 0.0585 e. The maximum Gasteiger partial charge on any atom is 0.0585 e. The standard InChI is InChI=1S/C14H20N2/c1-9(2)12-6-7-13(14(15)10(12)3)16-8-11-4-5-11/h6-7,11,16H,1,4-5,8,15H2,2-3H3. The molecule has 1 aromatic rings. The van der Waals surface area contributed by atoms with Crippen molar-refractivity contribution in [2.24, 2.45) is 5.92 Å². The van der Waals surface area contributed by atoms with Crippen LogP contribution in [0.15, 0.2) is 18.7 Å². The van der Waals surface area contributed by atoms with E-state index in [0.717, 1.165) is 40.5 Å². The minimum absolute atomic E-state index is 0.862. The van der Waals surface area contributed by atoms with Crippen molar-refractivity contribution in [3.05, 3.63) is 29.8 Å². The van der Waals surface area contributed by atoms with Crippen LogP contribution in [0.4, 0.5) is 11.4 Å². The van der Waals surface area contributed by atoms with E-state index in [2.05, 4.69) is 31.0 Å². The van der Waals surface area contributed by atoms with Gasteiger partial charge in [0.05, 0.1) is 11.4 Å². The minimum Gasteiger partial charge on any atom is -0.397 e. The monoisotopic (exact) mass is 216 g/mol. The van der Waals surface area contributed by atoms with Gasteiger partial charge in [-0.25, -0.2) is 0 Å². The van der Waals surface area contributed by atoms with Crippen LogP contribution >= 0.6 is 0 Å². The van der Waals surface area contributed by atoms with E-state index in [1.165, 1.54) is 12.8 Å². The number of benzene rings is 1. The first-order valence-electron chi connectivity index (χ1n) is 5.88. The van der Waals surface area contributed by atoms with Crippen molar-refractivity contribution in [1.82, 2.24) is 0 Å². The summed E-state index contributed by atoms with van der Waals surface area (Å²) in [5, 5.41) is 3.43. The number of nitrogens with one attached hydrogen (secondary N) is 1. The summed E-state index contributed by atoms with van der Waals surface area (Å²) in [6.07, 6.45) is 2.71. The van der Waals surface area contributed by atoms with Crippen LogP contribution in [0.3, 0.4) is 0 Å².